The van der Waals surface area contributed by atoms with Crippen LogP contribution in [0.1, 0.15) is 37.7 Å². The van der Waals surface area contributed by atoms with Crippen LogP contribution < -0.4 is 0 Å². The van der Waals surface area contributed by atoms with E-state index in [9.17, 15) is 5.11 Å². The summed E-state index contributed by atoms with van der Waals surface area (Å²) >= 11 is 12.4. The third-order valence-corrected chi connectivity index (χ3v) is 7.71. The lowest BCUT2D eigenvalue weighted by Crippen LogP contribution is -2.55. The summed E-state index contributed by atoms with van der Waals surface area (Å²) in [6, 6.07) is 14.1. The Balaban J connectivity index is 1.64. The van der Waals surface area contributed by atoms with Gasteiger partial charge in [-0.05, 0) is 84.6 Å². The van der Waals surface area contributed by atoms with Crippen molar-refractivity contribution in [1.82, 2.24) is 0 Å². The highest BCUT2D eigenvalue weighted by Crippen LogP contribution is 2.62. The van der Waals surface area contributed by atoms with Crippen LogP contribution in [0.25, 0.3) is 11.1 Å². The summed E-state index contributed by atoms with van der Waals surface area (Å²) in [6.07, 6.45) is 6.11. The van der Waals surface area contributed by atoms with Gasteiger partial charge in [-0.25, -0.2) is 0 Å². The Morgan fingerprint density at radius 3 is 2.08 bits per heavy atom. The summed E-state index contributed by atoms with van der Waals surface area (Å²) < 4.78 is 0. The highest BCUT2D eigenvalue weighted by atomic mass is 35.5. The lowest BCUT2D eigenvalue weighted by atomic mass is 9.48. The molecule has 4 aliphatic carbocycles. The minimum absolute atomic E-state index is 0.396. The molecule has 0 unspecified atom stereocenters. The quantitative estimate of drug-likeness (QED) is 0.655. The van der Waals surface area contributed by atoms with Gasteiger partial charge in [-0.2, -0.15) is 0 Å². The van der Waals surface area contributed by atoms with Crippen LogP contribution in [-0.2, 0) is 5.60 Å². The summed E-state index contributed by atoms with van der Waals surface area (Å²) in [7, 11) is 0. The van der Waals surface area contributed by atoms with Crippen LogP contribution in [0.4, 0.5) is 0 Å². The van der Waals surface area contributed by atoms with E-state index < -0.39 is 5.60 Å². The molecule has 4 fully saturated rings. The van der Waals surface area contributed by atoms with Gasteiger partial charge in [0.25, 0.3) is 0 Å². The fourth-order valence-corrected chi connectivity index (χ4v) is 6.39. The van der Waals surface area contributed by atoms with Crippen molar-refractivity contribution in [2.75, 3.05) is 0 Å². The largest absolute Gasteiger partial charge is 0.385 e. The van der Waals surface area contributed by atoms with Crippen LogP contribution in [-0.4, -0.2) is 5.11 Å². The van der Waals surface area contributed by atoms with Gasteiger partial charge in [0.1, 0.15) is 0 Å². The molecule has 0 amide bonds. The first-order valence-electron chi connectivity index (χ1n) is 9.33. The lowest BCUT2D eigenvalue weighted by Gasteiger charge is -2.59. The fraction of sp³-hybridized carbons (Fsp3) is 0.455. The molecule has 1 nitrogen and oxygen atoms in total. The smallest absolute Gasteiger partial charge is 0.0958 e. The van der Waals surface area contributed by atoms with E-state index in [0.717, 1.165) is 28.5 Å². The molecule has 0 radical (unpaired) electrons. The second-order valence-corrected chi connectivity index (χ2v) is 9.12. The van der Waals surface area contributed by atoms with Gasteiger partial charge in [-0.1, -0.05) is 53.5 Å². The maximum absolute atomic E-state index is 12.0. The normalized spacial score (nSPS) is 36.0. The van der Waals surface area contributed by atoms with Crippen molar-refractivity contribution in [3.8, 4) is 11.1 Å². The maximum Gasteiger partial charge on any atom is 0.0958 e. The summed E-state index contributed by atoms with van der Waals surface area (Å²) in [5, 5.41) is 13.1. The SMILES string of the molecule is OC1(c2ccccc2-c2ccc(Cl)c(Cl)c2)C2CC3CC(C2)CC1C3. The van der Waals surface area contributed by atoms with E-state index in [1.165, 1.54) is 32.1 Å². The van der Waals surface area contributed by atoms with E-state index in [0.29, 0.717) is 21.9 Å². The topological polar surface area (TPSA) is 20.2 Å². The van der Waals surface area contributed by atoms with Gasteiger partial charge < -0.3 is 5.11 Å². The van der Waals surface area contributed by atoms with Gasteiger partial charge in [0.05, 0.1) is 15.6 Å². The Hall–Kier alpha value is -1.02. The molecule has 25 heavy (non-hydrogen) atoms. The van der Waals surface area contributed by atoms with Crippen molar-refractivity contribution in [2.45, 2.75) is 37.7 Å². The van der Waals surface area contributed by atoms with Gasteiger partial charge in [0, 0.05) is 0 Å². The van der Waals surface area contributed by atoms with Gasteiger partial charge in [-0.3, -0.25) is 0 Å². The van der Waals surface area contributed by atoms with Crippen molar-refractivity contribution < 1.29 is 5.11 Å². The van der Waals surface area contributed by atoms with E-state index in [1.807, 2.05) is 24.3 Å². The van der Waals surface area contributed by atoms with Gasteiger partial charge in [-0.15, -0.1) is 0 Å². The zero-order valence-corrected chi connectivity index (χ0v) is 15.6. The van der Waals surface area contributed by atoms with Crippen molar-refractivity contribution in [2.24, 2.45) is 23.7 Å². The molecule has 0 saturated heterocycles. The number of aliphatic hydroxyl groups is 1. The molecule has 0 atom stereocenters. The first-order chi connectivity index (χ1) is 12.1. The Morgan fingerprint density at radius 1 is 0.800 bits per heavy atom. The highest BCUT2D eigenvalue weighted by molar-refractivity contribution is 6.42. The number of hydrogen-bond donors (Lipinski definition) is 1. The van der Waals surface area contributed by atoms with Crippen LogP contribution in [0, 0.1) is 23.7 Å². The van der Waals surface area contributed by atoms with E-state index in [-0.39, 0.29) is 0 Å². The molecule has 1 N–H and O–H groups in total. The summed E-state index contributed by atoms with van der Waals surface area (Å²) in [6.45, 7) is 0. The maximum atomic E-state index is 12.0. The van der Waals surface area contributed by atoms with Crippen LogP contribution >= 0.6 is 23.2 Å². The molecule has 130 valence electrons. The molecule has 4 saturated carbocycles. The molecular formula is C22H22Cl2O. The van der Waals surface area contributed by atoms with Gasteiger partial charge >= 0.3 is 0 Å². The van der Waals surface area contributed by atoms with Crippen LogP contribution in [0.2, 0.25) is 10.0 Å². The highest BCUT2D eigenvalue weighted by Gasteiger charge is 2.57. The first-order valence-corrected chi connectivity index (χ1v) is 10.1. The fourth-order valence-electron chi connectivity index (χ4n) is 6.09. The van der Waals surface area contributed by atoms with E-state index in [1.54, 1.807) is 0 Å². The number of halogens is 2. The molecule has 2 aromatic carbocycles. The third-order valence-electron chi connectivity index (χ3n) is 6.97. The minimum Gasteiger partial charge on any atom is -0.385 e. The first kappa shape index (κ1) is 16.2. The zero-order chi connectivity index (χ0) is 17.2. The van der Waals surface area contributed by atoms with Gasteiger partial charge in [0.15, 0.2) is 0 Å². The minimum atomic E-state index is -0.698. The predicted octanol–water partition coefficient (Wildman–Crippen LogP) is 6.30. The molecule has 0 aromatic heterocycles. The monoisotopic (exact) mass is 372 g/mol. The Morgan fingerprint density at radius 2 is 1.44 bits per heavy atom. The van der Waals surface area contributed by atoms with E-state index in [4.69, 9.17) is 23.2 Å². The third kappa shape index (κ3) is 2.40. The van der Waals surface area contributed by atoms with Crippen molar-refractivity contribution >= 4 is 23.2 Å². The Kier molecular flexibility index (Phi) is 3.71. The van der Waals surface area contributed by atoms with Crippen LogP contribution in [0.3, 0.4) is 0 Å². The molecular weight excluding hydrogens is 351 g/mol. The predicted molar refractivity (Wildman–Crippen MR) is 103 cm³/mol. The summed E-state index contributed by atoms with van der Waals surface area (Å²) in [4.78, 5) is 0. The van der Waals surface area contributed by atoms with E-state index in [2.05, 4.69) is 18.2 Å². The average molecular weight is 373 g/mol. The molecule has 3 heteroatoms. The molecule has 0 spiro atoms. The zero-order valence-electron chi connectivity index (χ0n) is 14.1. The molecule has 6 rings (SSSR count). The van der Waals surface area contributed by atoms with Gasteiger partial charge in [0.2, 0.25) is 0 Å². The second kappa shape index (κ2) is 5.74. The summed E-state index contributed by atoms with van der Waals surface area (Å²) in [5.74, 6) is 2.46. The van der Waals surface area contributed by atoms with Crippen molar-refractivity contribution in [3.05, 3.63) is 58.1 Å². The molecule has 0 aliphatic heterocycles. The van der Waals surface area contributed by atoms with Crippen molar-refractivity contribution in [1.29, 1.82) is 0 Å². The lowest BCUT2D eigenvalue weighted by molar-refractivity contribution is -0.179. The molecule has 4 aliphatic rings. The number of rotatable bonds is 2. The molecule has 0 heterocycles. The number of hydrogen-bond acceptors (Lipinski definition) is 1. The van der Waals surface area contributed by atoms with Crippen LogP contribution in [0.15, 0.2) is 42.5 Å². The Labute approximate surface area is 159 Å². The average Bonchev–Trinajstić information content (AvgIpc) is 2.61. The van der Waals surface area contributed by atoms with E-state index >= 15 is 0 Å². The molecule has 4 bridgehead atoms. The van der Waals surface area contributed by atoms with Crippen molar-refractivity contribution in [3.63, 3.8) is 0 Å². The molecule has 2 aromatic rings. The Bertz CT molecular complexity index is 801. The summed E-state index contributed by atoms with van der Waals surface area (Å²) in [5.41, 5.74) is 2.52. The number of benzene rings is 2. The standard InChI is InChI=1S/C22H22Cl2O/c23-20-6-5-15(12-21(20)24)18-3-1-2-4-19(18)22(25)16-8-13-7-14(10-16)11-17(22)9-13/h1-6,12-14,16-17,25H,7-11H2. The van der Waals surface area contributed by atoms with Crippen LogP contribution in [0.5, 0.6) is 0 Å². The second-order valence-electron chi connectivity index (χ2n) is 8.30.